The SMILES string of the molecule is Cc1ccccc1/C=N/N1C(=O)c2ccccc2C1=O. The van der Waals surface area contributed by atoms with Crippen molar-refractivity contribution in [2.45, 2.75) is 6.92 Å². The number of carbonyl (C=O) groups excluding carboxylic acids is 2. The lowest BCUT2D eigenvalue weighted by Crippen LogP contribution is -2.24. The molecular formula is C16H12N2O2. The normalized spacial score (nSPS) is 14.2. The molecule has 4 heteroatoms. The number of benzene rings is 2. The molecule has 0 N–H and O–H groups in total. The van der Waals surface area contributed by atoms with Crippen LogP contribution in [0.15, 0.2) is 53.6 Å². The largest absolute Gasteiger partial charge is 0.282 e. The third-order valence-electron chi connectivity index (χ3n) is 3.27. The zero-order valence-electron chi connectivity index (χ0n) is 10.9. The Morgan fingerprint density at radius 1 is 0.900 bits per heavy atom. The summed E-state index contributed by atoms with van der Waals surface area (Å²) in [7, 11) is 0. The van der Waals surface area contributed by atoms with Crippen molar-refractivity contribution in [1.82, 2.24) is 5.01 Å². The highest BCUT2D eigenvalue weighted by Gasteiger charge is 2.35. The van der Waals surface area contributed by atoms with E-state index in [1.807, 2.05) is 31.2 Å². The van der Waals surface area contributed by atoms with Crippen LogP contribution in [-0.2, 0) is 0 Å². The van der Waals surface area contributed by atoms with Crippen LogP contribution < -0.4 is 0 Å². The molecule has 1 aliphatic heterocycles. The van der Waals surface area contributed by atoms with Crippen LogP contribution in [0.5, 0.6) is 0 Å². The highest BCUT2D eigenvalue weighted by molar-refractivity contribution is 6.21. The average molecular weight is 264 g/mol. The summed E-state index contributed by atoms with van der Waals surface area (Å²) in [5.74, 6) is -0.758. The lowest BCUT2D eigenvalue weighted by molar-refractivity contribution is 0.0660. The molecule has 20 heavy (non-hydrogen) atoms. The Hall–Kier alpha value is -2.75. The Bertz CT molecular complexity index is 700. The first-order chi connectivity index (χ1) is 9.68. The molecule has 98 valence electrons. The lowest BCUT2D eigenvalue weighted by atomic mass is 10.1. The van der Waals surface area contributed by atoms with E-state index in [4.69, 9.17) is 0 Å². The van der Waals surface area contributed by atoms with Crippen LogP contribution in [0.25, 0.3) is 0 Å². The van der Waals surface area contributed by atoms with Gasteiger partial charge in [0.2, 0.25) is 0 Å². The third kappa shape index (κ3) is 1.91. The second-order valence-corrected chi connectivity index (χ2v) is 4.57. The van der Waals surface area contributed by atoms with Crippen LogP contribution in [0.1, 0.15) is 31.8 Å². The van der Waals surface area contributed by atoms with E-state index < -0.39 is 0 Å². The summed E-state index contributed by atoms with van der Waals surface area (Å²) < 4.78 is 0. The Morgan fingerprint density at radius 2 is 1.45 bits per heavy atom. The highest BCUT2D eigenvalue weighted by Crippen LogP contribution is 2.22. The molecule has 1 aliphatic rings. The molecule has 0 fully saturated rings. The van der Waals surface area contributed by atoms with E-state index in [1.54, 1.807) is 24.3 Å². The van der Waals surface area contributed by atoms with Crippen molar-refractivity contribution >= 4 is 18.0 Å². The molecule has 0 bridgehead atoms. The van der Waals surface area contributed by atoms with Crippen molar-refractivity contribution in [3.8, 4) is 0 Å². The minimum Gasteiger partial charge on any atom is -0.267 e. The quantitative estimate of drug-likeness (QED) is 0.618. The van der Waals surface area contributed by atoms with E-state index in [1.165, 1.54) is 6.21 Å². The molecule has 3 rings (SSSR count). The first-order valence-electron chi connectivity index (χ1n) is 6.26. The summed E-state index contributed by atoms with van der Waals surface area (Å²) in [5, 5.41) is 4.95. The Balaban J connectivity index is 1.93. The second kappa shape index (κ2) is 4.74. The molecule has 1 heterocycles. The standard InChI is InChI=1S/C16H12N2O2/c1-11-6-2-3-7-12(11)10-17-18-15(19)13-8-4-5-9-14(13)16(18)20/h2-10H,1H3/b17-10+. The van der Waals surface area contributed by atoms with Crippen LogP contribution in [0.3, 0.4) is 0 Å². The fourth-order valence-corrected chi connectivity index (χ4v) is 2.13. The van der Waals surface area contributed by atoms with Gasteiger partial charge in [-0.1, -0.05) is 36.4 Å². The molecule has 0 spiro atoms. The number of fused-ring (bicyclic) bond motifs is 1. The number of hydrogen-bond donors (Lipinski definition) is 0. The number of hydrogen-bond acceptors (Lipinski definition) is 3. The van der Waals surface area contributed by atoms with Crippen LogP contribution >= 0.6 is 0 Å². The van der Waals surface area contributed by atoms with Gasteiger partial charge in [-0.05, 0) is 30.2 Å². The zero-order valence-corrected chi connectivity index (χ0v) is 10.9. The summed E-state index contributed by atoms with van der Waals surface area (Å²) in [6.45, 7) is 1.95. The monoisotopic (exact) mass is 264 g/mol. The predicted octanol–water partition coefficient (Wildman–Crippen LogP) is 2.63. The van der Waals surface area contributed by atoms with Crippen LogP contribution in [0.2, 0.25) is 0 Å². The molecule has 2 aromatic rings. The summed E-state index contributed by atoms with van der Waals surface area (Å²) in [6, 6.07) is 14.4. The summed E-state index contributed by atoms with van der Waals surface area (Å²) in [4.78, 5) is 24.2. The van der Waals surface area contributed by atoms with E-state index in [9.17, 15) is 9.59 Å². The average Bonchev–Trinajstić information content (AvgIpc) is 2.71. The number of nitrogens with zero attached hydrogens (tertiary/aromatic N) is 2. The van der Waals surface area contributed by atoms with Gasteiger partial charge in [0.15, 0.2) is 0 Å². The van der Waals surface area contributed by atoms with Gasteiger partial charge in [0.1, 0.15) is 0 Å². The minimum atomic E-state index is -0.379. The van der Waals surface area contributed by atoms with E-state index in [0.29, 0.717) is 11.1 Å². The van der Waals surface area contributed by atoms with Gasteiger partial charge < -0.3 is 0 Å². The number of rotatable bonds is 2. The van der Waals surface area contributed by atoms with Gasteiger partial charge in [0.05, 0.1) is 17.3 Å². The van der Waals surface area contributed by atoms with E-state index in [2.05, 4.69) is 5.10 Å². The van der Waals surface area contributed by atoms with Gasteiger partial charge in [-0.25, -0.2) is 0 Å². The molecule has 2 aromatic carbocycles. The second-order valence-electron chi connectivity index (χ2n) is 4.57. The predicted molar refractivity (Wildman–Crippen MR) is 75.7 cm³/mol. The van der Waals surface area contributed by atoms with Crippen molar-refractivity contribution in [3.63, 3.8) is 0 Å². The topological polar surface area (TPSA) is 49.7 Å². The van der Waals surface area contributed by atoms with Gasteiger partial charge in [0.25, 0.3) is 11.8 Å². The van der Waals surface area contributed by atoms with Crippen molar-refractivity contribution in [3.05, 3.63) is 70.8 Å². The first kappa shape index (κ1) is 12.3. The third-order valence-corrected chi connectivity index (χ3v) is 3.27. The van der Waals surface area contributed by atoms with E-state index in [-0.39, 0.29) is 11.8 Å². The summed E-state index contributed by atoms with van der Waals surface area (Å²) in [5.41, 5.74) is 2.72. The van der Waals surface area contributed by atoms with Crippen molar-refractivity contribution in [2.24, 2.45) is 5.10 Å². The molecule has 0 unspecified atom stereocenters. The number of amides is 2. The molecule has 0 saturated carbocycles. The summed E-state index contributed by atoms with van der Waals surface area (Å²) >= 11 is 0. The molecule has 0 saturated heterocycles. The zero-order chi connectivity index (χ0) is 14.1. The van der Waals surface area contributed by atoms with Gasteiger partial charge in [-0.15, -0.1) is 0 Å². The van der Waals surface area contributed by atoms with Crippen molar-refractivity contribution in [1.29, 1.82) is 0 Å². The molecule has 2 amide bonds. The van der Waals surface area contributed by atoms with Gasteiger partial charge in [-0.2, -0.15) is 10.1 Å². The number of carbonyl (C=O) groups is 2. The fraction of sp³-hybridized carbons (Fsp3) is 0.0625. The van der Waals surface area contributed by atoms with Crippen molar-refractivity contribution in [2.75, 3.05) is 0 Å². The first-order valence-corrected chi connectivity index (χ1v) is 6.26. The van der Waals surface area contributed by atoms with Gasteiger partial charge >= 0.3 is 0 Å². The van der Waals surface area contributed by atoms with Crippen LogP contribution in [0, 0.1) is 6.92 Å². The maximum Gasteiger partial charge on any atom is 0.282 e. The maximum atomic E-state index is 12.1. The molecule has 0 atom stereocenters. The molecule has 0 aliphatic carbocycles. The van der Waals surface area contributed by atoms with Crippen LogP contribution in [0.4, 0.5) is 0 Å². The Labute approximate surface area is 116 Å². The lowest BCUT2D eigenvalue weighted by Gasteiger charge is -2.06. The Kier molecular flexibility index (Phi) is 2.91. The van der Waals surface area contributed by atoms with Crippen molar-refractivity contribution < 1.29 is 9.59 Å². The summed E-state index contributed by atoms with van der Waals surface area (Å²) in [6.07, 6.45) is 1.54. The van der Waals surface area contributed by atoms with Crippen LogP contribution in [-0.4, -0.2) is 23.0 Å². The molecular weight excluding hydrogens is 252 g/mol. The highest BCUT2D eigenvalue weighted by atomic mass is 16.2. The molecule has 0 aromatic heterocycles. The smallest absolute Gasteiger partial charge is 0.267 e. The minimum absolute atomic E-state index is 0.379. The number of imide groups is 1. The fourth-order valence-electron chi connectivity index (χ4n) is 2.13. The Morgan fingerprint density at radius 3 is 2.05 bits per heavy atom. The van der Waals surface area contributed by atoms with Gasteiger partial charge in [-0.3, -0.25) is 9.59 Å². The van der Waals surface area contributed by atoms with Gasteiger partial charge in [0, 0.05) is 0 Å². The number of aryl methyl sites for hydroxylation is 1. The van der Waals surface area contributed by atoms with E-state index in [0.717, 1.165) is 16.1 Å². The molecule has 4 nitrogen and oxygen atoms in total. The number of hydrazone groups is 1. The van der Waals surface area contributed by atoms with E-state index >= 15 is 0 Å². The maximum absolute atomic E-state index is 12.1. The molecule has 0 radical (unpaired) electrons.